The van der Waals surface area contributed by atoms with Gasteiger partial charge in [-0.05, 0) is 26.3 Å². The fourth-order valence-electron chi connectivity index (χ4n) is 1.46. The molecule has 5 heteroatoms. The van der Waals surface area contributed by atoms with Crippen LogP contribution in [0.4, 0.5) is 0 Å². The number of nitrogens with two attached hydrogens (primary N) is 1. The maximum Gasteiger partial charge on any atom is 0.239 e. The van der Waals surface area contributed by atoms with Gasteiger partial charge in [-0.15, -0.1) is 0 Å². The SMILES string of the molecule is CC(NC(=O)[C@H]1CCCCN1)C(N)=O. The van der Waals surface area contributed by atoms with Gasteiger partial charge in [0.05, 0.1) is 6.04 Å². The number of piperidine rings is 1. The van der Waals surface area contributed by atoms with E-state index in [4.69, 9.17) is 5.73 Å². The fourth-order valence-corrected chi connectivity index (χ4v) is 1.46. The first-order valence-corrected chi connectivity index (χ1v) is 4.94. The molecule has 5 nitrogen and oxygen atoms in total. The van der Waals surface area contributed by atoms with Gasteiger partial charge in [0.1, 0.15) is 6.04 Å². The molecule has 14 heavy (non-hydrogen) atoms. The fraction of sp³-hybridized carbons (Fsp3) is 0.778. The van der Waals surface area contributed by atoms with Crippen molar-refractivity contribution in [2.24, 2.45) is 5.73 Å². The number of carbonyl (C=O) groups is 2. The molecule has 0 saturated carbocycles. The van der Waals surface area contributed by atoms with Crippen LogP contribution < -0.4 is 16.4 Å². The molecule has 2 amide bonds. The van der Waals surface area contributed by atoms with E-state index >= 15 is 0 Å². The monoisotopic (exact) mass is 199 g/mol. The lowest BCUT2D eigenvalue weighted by Crippen LogP contribution is -2.51. The molecule has 1 aliphatic heterocycles. The summed E-state index contributed by atoms with van der Waals surface area (Å²) in [5, 5.41) is 5.67. The molecule has 0 spiro atoms. The van der Waals surface area contributed by atoms with Gasteiger partial charge in [-0.2, -0.15) is 0 Å². The summed E-state index contributed by atoms with van der Waals surface area (Å²) in [5.74, 6) is -0.634. The van der Waals surface area contributed by atoms with E-state index in [9.17, 15) is 9.59 Å². The predicted molar refractivity (Wildman–Crippen MR) is 52.4 cm³/mol. The molecule has 1 fully saturated rings. The smallest absolute Gasteiger partial charge is 0.239 e. The van der Waals surface area contributed by atoms with Crippen LogP contribution in [0.15, 0.2) is 0 Å². The van der Waals surface area contributed by atoms with Crippen LogP contribution in [0.25, 0.3) is 0 Å². The quantitative estimate of drug-likeness (QED) is 0.552. The van der Waals surface area contributed by atoms with Gasteiger partial charge in [0.15, 0.2) is 0 Å². The van der Waals surface area contributed by atoms with Crippen LogP contribution in [-0.4, -0.2) is 30.4 Å². The van der Waals surface area contributed by atoms with E-state index in [1.165, 1.54) is 0 Å². The normalized spacial score (nSPS) is 23.9. The van der Waals surface area contributed by atoms with Gasteiger partial charge in [-0.25, -0.2) is 0 Å². The van der Waals surface area contributed by atoms with Crippen molar-refractivity contribution in [3.05, 3.63) is 0 Å². The van der Waals surface area contributed by atoms with Gasteiger partial charge < -0.3 is 16.4 Å². The maximum absolute atomic E-state index is 11.5. The summed E-state index contributed by atoms with van der Waals surface area (Å²) < 4.78 is 0. The topological polar surface area (TPSA) is 84.2 Å². The molecule has 0 aromatic rings. The number of amides is 2. The molecule has 80 valence electrons. The Morgan fingerprint density at radius 3 is 2.71 bits per heavy atom. The van der Waals surface area contributed by atoms with Crippen LogP contribution in [0.1, 0.15) is 26.2 Å². The van der Waals surface area contributed by atoms with E-state index < -0.39 is 11.9 Å². The molecule has 0 aromatic heterocycles. The molecule has 1 heterocycles. The van der Waals surface area contributed by atoms with E-state index in [0.29, 0.717) is 0 Å². The summed E-state index contributed by atoms with van der Waals surface area (Å²) in [7, 11) is 0. The van der Waals surface area contributed by atoms with E-state index in [1.807, 2.05) is 0 Å². The minimum absolute atomic E-state index is 0.129. The van der Waals surface area contributed by atoms with Crippen molar-refractivity contribution in [3.8, 4) is 0 Å². The number of primary amides is 1. The van der Waals surface area contributed by atoms with E-state index in [1.54, 1.807) is 6.92 Å². The lowest BCUT2D eigenvalue weighted by atomic mass is 10.0. The number of carbonyl (C=O) groups excluding carboxylic acids is 2. The van der Waals surface area contributed by atoms with Gasteiger partial charge in [-0.3, -0.25) is 9.59 Å². The average molecular weight is 199 g/mol. The highest BCUT2D eigenvalue weighted by molar-refractivity contribution is 5.88. The summed E-state index contributed by atoms with van der Waals surface area (Å²) in [6.07, 6.45) is 2.99. The Morgan fingerprint density at radius 1 is 1.50 bits per heavy atom. The van der Waals surface area contributed by atoms with Crippen LogP contribution >= 0.6 is 0 Å². The number of hydrogen-bond donors (Lipinski definition) is 3. The Labute approximate surface area is 83.4 Å². The van der Waals surface area contributed by atoms with Crippen molar-refractivity contribution in [2.75, 3.05) is 6.54 Å². The van der Waals surface area contributed by atoms with Crippen molar-refractivity contribution < 1.29 is 9.59 Å². The second kappa shape index (κ2) is 4.95. The third-order valence-corrected chi connectivity index (χ3v) is 2.41. The van der Waals surface area contributed by atoms with Crippen molar-refractivity contribution in [3.63, 3.8) is 0 Å². The van der Waals surface area contributed by atoms with Crippen LogP contribution in [0.5, 0.6) is 0 Å². The molecule has 1 saturated heterocycles. The lowest BCUT2D eigenvalue weighted by molar-refractivity contribution is -0.128. The van der Waals surface area contributed by atoms with Crippen molar-refractivity contribution in [1.82, 2.24) is 10.6 Å². The van der Waals surface area contributed by atoms with Gasteiger partial charge in [0.2, 0.25) is 11.8 Å². The Balaban J connectivity index is 2.36. The summed E-state index contributed by atoms with van der Waals surface area (Å²) in [6.45, 7) is 2.45. The molecule has 1 unspecified atom stereocenters. The highest BCUT2D eigenvalue weighted by Crippen LogP contribution is 2.06. The standard InChI is InChI=1S/C9H17N3O2/c1-6(8(10)13)12-9(14)7-4-2-3-5-11-7/h6-7,11H,2-5H2,1H3,(H2,10,13)(H,12,14)/t6?,7-/m1/s1. The molecule has 2 atom stereocenters. The Morgan fingerprint density at radius 2 is 2.21 bits per heavy atom. The van der Waals surface area contributed by atoms with Crippen LogP contribution in [0.3, 0.4) is 0 Å². The summed E-state index contributed by atoms with van der Waals surface area (Å²) in [4.78, 5) is 22.2. The van der Waals surface area contributed by atoms with Gasteiger partial charge in [0, 0.05) is 0 Å². The van der Waals surface area contributed by atoms with Crippen molar-refractivity contribution in [1.29, 1.82) is 0 Å². The number of nitrogens with one attached hydrogen (secondary N) is 2. The molecular formula is C9H17N3O2. The Bertz CT molecular complexity index is 224. The number of rotatable bonds is 3. The van der Waals surface area contributed by atoms with E-state index in [2.05, 4.69) is 10.6 Å². The zero-order valence-corrected chi connectivity index (χ0v) is 8.38. The van der Waals surface area contributed by atoms with Gasteiger partial charge in [-0.1, -0.05) is 6.42 Å². The molecule has 1 aliphatic rings. The largest absolute Gasteiger partial charge is 0.368 e. The molecule has 4 N–H and O–H groups in total. The molecular weight excluding hydrogens is 182 g/mol. The zero-order valence-electron chi connectivity index (χ0n) is 8.38. The molecule has 0 aromatic carbocycles. The minimum Gasteiger partial charge on any atom is -0.368 e. The lowest BCUT2D eigenvalue weighted by Gasteiger charge is -2.23. The maximum atomic E-state index is 11.5. The van der Waals surface area contributed by atoms with Gasteiger partial charge in [0.25, 0.3) is 0 Å². The second-order valence-electron chi connectivity index (χ2n) is 3.64. The second-order valence-corrected chi connectivity index (χ2v) is 3.64. The summed E-state index contributed by atoms with van der Waals surface area (Å²) >= 11 is 0. The summed E-state index contributed by atoms with van der Waals surface area (Å²) in [6, 6.07) is -0.753. The molecule has 1 rings (SSSR count). The van der Waals surface area contributed by atoms with Crippen LogP contribution in [0.2, 0.25) is 0 Å². The first kappa shape index (κ1) is 11.0. The third kappa shape index (κ3) is 2.99. The zero-order chi connectivity index (χ0) is 10.6. The van der Waals surface area contributed by atoms with Crippen molar-refractivity contribution in [2.45, 2.75) is 38.3 Å². The van der Waals surface area contributed by atoms with E-state index in [0.717, 1.165) is 25.8 Å². The average Bonchev–Trinajstić information content (AvgIpc) is 2.19. The Hall–Kier alpha value is -1.10. The first-order valence-electron chi connectivity index (χ1n) is 4.94. The van der Waals surface area contributed by atoms with Crippen molar-refractivity contribution >= 4 is 11.8 Å². The molecule has 0 aliphatic carbocycles. The molecule has 0 bridgehead atoms. The van der Waals surface area contributed by atoms with Crippen LogP contribution in [-0.2, 0) is 9.59 Å². The third-order valence-electron chi connectivity index (χ3n) is 2.41. The first-order chi connectivity index (χ1) is 6.61. The van der Waals surface area contributed by atoms with Gasteiger partial charge >= 0.3 is 0 Å². The Kier molecular flexibility index (Phi) is 3.88. The van der Waals surface area contributed by atoms with Crippen LogP contribution in [0, 0.1) is 0 Å². The molecule has 0 radical (unpaired) electrons. The van der Waals surface area contributed by atoms with E-state index in [-0.39, 0.29) is 11.9 Å². The summed E-state index contributed by atoms with van der Waals surface area (Å²) in [5.41, 5.74) is 5.04. The minimum atomic E-state index is -0.591. The predicted octanol–water partition coefficient (Wildman–Crippen LogP) is -0.881. The highest BCUT2D eigenvalue weighted by Gasteiger charge is 2.22. The highest BCUT2D eigenvalue weighted by atomic mass is 16.2. The number of hydrogen-bond acceptors (Lipinski definition) is 3.